The van der Waals surface area contributed by atoms with Crippen LogP contribution in [-0.2, 0) is 27.1 Å². The number of fused-ring (bicyclic) bond motifs is 4. The largest absolute Gasteiger partial charge is 0.311 e. The second-order valence-electron chi connectivity index (χ2n) is 24.6. The maximum atomic E-state index is 2.63. The standard InChI is InChI=1S/C63H71BN2/c1-40-17-19-41(20-18-40)43-35-56-58-57(36-43)66(53-32-27-46(61(8,9)10)37-50(53)42-21-23-44(24-22-42)59(2,3)4)55-34-29-48(63(14,15)16)39-52(55)64(58)51-38-47(62(11,12)13)28-33-54(51)65(56)49-30-25-45(26-31-49)60(5,6)7/h17-39H,1-16H3. The molecule has 336 valence electrons. The van der Waals surface area contributed by atoms with Crippen molar-refractivity contribution in [1.29, 1.82) is 0 Å². The van der Waals surface area contributed by atoms with Gasteiger partial charge in [-0.1, -0.05) is 200 Å². The summed E-state index contributed by atoms with van der Waals surface area (Å²) in [5.41, 5.74) is 24.1. The molecule has 9 rings (SSSR count). The van der Waals surface area contributed by atoms with Gasteiger partial charge in [0.05, 0.1) is 5.69 Å². The molecule has 0 radical (unpaired) electrons. The van der Waals surface area contributed by atoms with E-state index in [4.69, 9.17) is 0 Å². The van der Waals surface area contributed by atoms with Crippen molar-refractivity contribution in [3.05, 3.63) is 173 Å². The monoisotopic (exact) mass is 867 g/mol. The second kappa shape index (κ2) is 15.7. The van der Waals surface area contributed by atoms with E-state index in [2.05, 4.69) is 260 Å². The first-order valence-electron chi connectivity index (χ1n) is 24.3. The summed E-state index contributed by atoms with van der Waals surface area (Å²) in [5.74, 6) is 0. The predicted molar refractivity (Wildman–Crippen MR) is 290 cm³/mol. The van der Waals surface area contributed by atoms with E-state index in [0.29, 0.717) is 0 Å². The van der Waals surface area contributed by atoms with Gasteiger partial charge in [-0.25, -0.2) is 0 Å². The zero-order chi connectivity index (χ0) is 47.5. The van der Waals surface area contributed by atoms with Crippen LogP contribution in [0.15, 0.2) is 140 Å². The molecule has 2 heterocycles. The van der Waals surface area contributed by atoms with Gasteiger partial charge in [0.15, 0.2) is 0 Å². The summed E-state index contributed by atoms with van der Waals surface area (Å²) in [6.07, 6.45) is 0. The first-order chi connectivity index (χ1) is 30.8. The Morgan fingerprint density at radius 3 is 1.17 bits per heavy atom. The molecule has 2 nitrogen and oxygen atoms in total. The second-order valence-corrected chi connectivity index (χ2v) is 24.6. The topological polar surface area (TPSA) is 6.48 Å². The van der Waals surface area contributed by atoms with E-state index in [9.17, 15) is 0 Å². The predicted octanol–water partition coefficient (Wildman–Crippen LogP) is 15.9. The van der Waals surface area contributed by atoms with Crippen LogP contribution in [-0.4, -0.2) is 6.71 Å². The van der Waals surface area contributed by atoms with E-state index < -0.39 is 0 Å². The minimum absolute atomic E-state index is 0.00128. The molecule has 0 atom stereocenters. The van der Waals surface area contributed by atoms with Gasteiger partial charge in [0.2, 0.25) is 0 Å². The maximum Gasteiger partial charge on any atom is 0.252 e. The molecule has 0 saturated carbocycles. The van der Waals surface area contributed by atoms with Crippen LogP contribution in [0.2, 0.25) is 0 Å². The molecule has 66 heavy (non-hydrogen) atoms. The third-order valence-electron chi connectivity index (χ3n) is 14.3. The van der Waals surface area contributed by atoms with Crippen LogP contribution in [0, 0.1) is 6.92 Å². The minimum Gasteiger partial charge on any atom is -0.311 e. The summed E-state index contributed by atoms with van der Waals surface area (Å²) in [5, 5.41) is 0. The Balaban J connectivity index is 1.43. The molecule has 0 spiro atoms. The van der Waals surface area contributed by atoms with Crippen molar-refractivity contribution in [2.75, 3.05) is 9.80 Å². The Morgan fingerprint density at radius 1 is 0.318 bits per heavy atom. The van der Waals surface area contributed by atoms with Gasteiger partial charge in [-0.3, -0.25) is 0 Å². The lowest BCUT2D eigenvalue weighted by atomic mass is 9.33. The number of aryl methyl sites for hydroxylation is 1. The zero-order valence-electron chi connectivity index (χ0n) is 42.8. The van der Waals surface area contributed by atoms with Crippen molar-refractivity contribution in [2.24, 2.45) is 0 Å². The van der Waals surface area contributed by atoms with E-state index in [1.807, 2.05) is 0 Å². The highest BCUT2D eigenvalue weighted by molar-refractivity contribution is 7.00. The van der Waals surface area contributed by atoms with Crippen LogP contribution >= 0.6 is 0 Å². The minimum atomic E-state index is -0.0435. The summed E-state index contributed by atoms with van der Waals surface area (Å²) in [6.45, 7) is 37.1. The van der Waals surface area contributed by atoms with Crippen molar-refractivity contribution in [2.45, 2.75) is 138 Å². The van der Waals surface area contributed by atoms with Crippen LogP contribution in [0.4, 0.5) is 34.1 Å². The Bertz CT molecular complexity index is 2970. The molecule has 2 aliphatic rings. The third kappa shape index (κ3) is 8.11. The van der Waals surface area contributed by atoms with Gasteiger partial charge < -0.3 is 9.80 Å². The van der Waals surface area contributed by atoms with Gasteiger partial charge in [0.25, 0.3) is 6.71 Å². The Morgan fingerprint density at radius 2 is 0.697 bits per heavy atom. The van der Waals surface area contributed by atoms with Gasteiger partial charge in [0, 0.05) is 34.0 Å². The molecule has 0 bridgehead atoms. The van der Waals surface area contributed by atoms with Gasteiger partial charge >= 0.3 is 0 Å². The average Bonchev–Trinajstić information content (AvgIpc) is 3.24. The first kappa shape index (κ1) is 45.4. The smallest absolute Gasteiger partial charge is 0.252 e. The van der Waals surface area contributed by atoms with E-state index in [-0.39, 0.29) is 33.8 Å². The highest BCUT2D eigenvalue weighted by atomic mass is 15.2. The van der Waals surface area contributed by atoms with Crippen LogP contribution < -0.4 is 26.2 Å². The molecule has 0 aromatic heterocycles. The third-order valence-corrected chi connectivity index (χ3v) is 14.3. The molecular formula is C63H71BN2. The summed E-state index contributed by atoms with van der Waals surface area (Å²) in [6, 6.07) is 54.8. The van der Waals surface area contributed by atoms with Crippen LogP contribution in [0.3, 0.4) is 0 Å². The fraction of sp³-hybridized carbons (Fsp3) is 0.333. The van der Waals surface area contributed by atoms with Crippen molar-refractivity contribution in [1.82, 2.24) is 0 Å². The molecule has 7 aromatic rings. The Kier molecular flexibility index (Phi) is 10.8. The summed E-state index contributed by atoms with van der Waals surface area (Å²) < 4.78 is 0. The lowest BCUT2D eigenvalue weighted by Crippen LogP contribution is -2.61. The Hall–Kier alpha value is -5.80. The average molecular weight is 867 g/mol. The summed E-state index contributed by atoms with van der Waals surface area (Å²) >= 11 is 0. The van der Waals surface area contributed by atoms with Crippen LogP contribution in [0.5, 0.6) is 0 Å². The van der Waals surface area contributed by atoms with E-state index in [0.717, 1.165) is 0 Å². The number of benzene rings is 7. The molecule has 0 amide bonds. The lowest BCUT2D eigenvalue weighted by molar-refractivity contribution is 0.590. The van der Waals surface area contributed by atoms with Crippen molar-refractivity contribution in [3.63, 3.8) is 0 Å². The van der Waals surface area contributed by atoms with Gasteiger partial charge in [-0.05, 0) is 143 Å². The number of nitrogens with zero attached hydrogens (tertiary/aromatic N) is 2. The van der Waals surface area contributed by atoms with Gasteiger partial charge in [-0.15, -0.1) is 0 Å². The highest BCUT2D eigenvalue weighted by Crippen LogP contribution is 2.49. The van der Waals surface area contributed by atoms with E-state index in [1.165, 1.54) is 106 Å². The Labute approximate surface area is 398 Å². The molecule has 0 aliphatic carbocycles. The van der Waals surface area contributed by atoms with Crippen LogP contribution in [0.1, 0.15) is 137 Å². The number of rotatable bonds is 4. The summed E-state index contributed by atoms with van der Waals surface area (Å²) in [4.78, 5) is 5.21. The van der Waals surface area contributed by atoms with Crippen molar-refractivity contribution < 1.29 is 0 Å². The first-order valence-corrected chi connectivity index (χ1v) is 24.3. The molecule has 0 unspecified atom stereocenters. The lowest BCUT2D eigenvalue weighted by Gasteiger charge is -2.45. The summed E-state index contributed by atoms with van der Waals surface area (Å²) in [7, 11) is 0. The van der Waals surface area contributed by atoms with Crippen LogP contribution in [0.25, 0.3) is 22.3 Å². The molecule has 0 fully saturated rings. The van der Waals surface area contributed by atoms with E-state index >= 15 is 0 Å². The van der Waals surface area contributed by atoms with Crippen molar-refractivity contribution >= 4 is 57.2 Å². The molecule has 7 aromatic carbocycles. The molecule has 2 aliphatic heterocycles. The zero-order valence-corrected chi connectivity index (χ0v) is 42.8. The number of hydrogen-bond acceptors (Lipinski definition) is 2. The fourth-order valence-corrected chi connectivity index (χ4v) is 10.1. The SMILES string of the molecule is Cc1ccc(-c2cc3c4c(c2)N(c2ccc(C(C)(C)C)cc2-c2ccc(C(C)(C)C)cc2)c2ccc(C(C)(C)C)cc2B4c2cc(C(C)(C)C)ccc2N3c2ccc(C(C)(C)C)cc2)cc1. The van der Waals surface area contributed by atoms with E-state index in [1.54, 1.807) is 0 Å². The fourth-order valence-electron chi connectivity index (χ4n) is 10.1. The van der Waals surface area contributed by atoms with Gasteiger partial charge in [-0.2, -0.15) is 0 Å². The normalized spacial score (nSPS) is 14.0. The molecule has 0 N–H and O–H groups in total. The van der Waals surface area contributed by atoms with Gasteiger partial charge in [0.1, 0.15) is 0 Å². The maximum absolute atomic E-state index is 2.63. The number of anilines is 6. The highest BCUT2D eigenvalue weighted by Gasteiger charge is 2.45. The molecule has 3 heteroatoms. The molecule has 0 saturated heterocycles. The number of hydrogen-bond donors (Lipinski definition) is 0. The quantitative estimate of drug-likeness (QED) is 0.163. The van der Waals surface area contributed by atoms with Crippen molar-refractivity contribution in [3.8, 4) is 22.3 Å². The molecular weight excluding hydrogens is 796 g/mol.